The molecule has 0 saturated heterocycles. The van der Waals surface area contributed by atoms with Crippen molar-refractivity contribution in [2.24, 2.45) is 4.99 Å². The summed E-state index contributed by atoms with van der Waals surface area (Å²) in [5.41, 5.74) is 4.42. The van der Waals surface area contributed by atoms with Gasteiger partial charge in [-0.15, -0.1) is 0 Å². The van der Waals surface area contributed by atoms with Crippen molar-refractivity contribution in [3.8, 4) is 16.9 Å². The van der Waals surface area contributed by atoms with Gasteiger partial charge in [0.15, 0.2) is 5.82 Å². The Bertz CT molecular complexity index is 973. The number of halogens is 1. The van der Waals surface area contributed by atoms with E-state index < -0.39 is 0 Å². The minimum atomic E-state index is -0.269. The molecule has 1 aromatic heterocycles. The highest BCUT2D eigenvalue weighted by molar-refractivity contribution is 5.90. The number of para-hydroxylation sites is 1. The number of aliphatic imine (C=N–C) groups is 1. The first-order valence-corrected chi connectivity index (χ1v) is 8.21. The summed E-state index contributed by atoms with van der Waals surface area (Å²) in [5.74, 6) is 0.736. The molecule has 0 bridgehead atoms. The summed E-state index contributed by atoms with van der Waals surface area (Å²) < 4.78 is 15.2. The van der Waals surface area contributed by atoms with Gasteiger partial charge in [0.25, 0.3) is 0 Å². The first-order valence-electron chi connectivity index (χ1n) is 8.21. The highest BCUT2D eigenvalue weighted by Crippen LogP contribution is 2.42. The molecule has 2 aromatic carbocycles. The first-order chi connectivity index (χ1) is 12.0. The average molecular weight is 335 g/mol. The van der Waals surface area contributed by atoms with Gasteiger partial charge in [-0.3, -0.25) is 0 Å². The molecule has 126 valence electrons. The van der Waals surface area contributed by atoms with Gasteiger partial charge in [-0.25, -0.2) is 14.1 Å². The number of phenols is 1. The number of hydrogen-bond acceptors (Lipinski definition) is 3. The van der Waals surface area contributed by atoms with E-state index in [1.165, 1.54) is 12.1 Å². The molecular weight excluding hydrogens is 317 g/mol. The zero-order chi connectivity index (χ0) is 17.6. The van der Waals surface area contributed by atoms with E-state index in [-0.39, 0.29) is 17.6 Å². The summed E-state index contributed by atoms with van der Waals surface area (Å²) in [7, 11) is 0. The Labute approximate surface area is 145 Å². The van der Waals surface area contributed by atoms with Crippen LogP contribution in [0.25, 0.3) is 11.1 Å². The van der Waals surface area contributed by atoms with Gasteiger partial charge in [-0.2, -0.15) is 5.10 Å². The molecular formula is C20H18FN3O. The normalized spacial score (nSPS) is 16.4. The van der Waals surface area contributed by atoms with Gasteiger partial charge >= 0.3 is 0 Å². The van der Waals surface area contributed by atoms with Gasteiger partial charge < -0.3 is 5.11 Å². The van der Waals surface area contributed by atoms with Crippen LogP contribution in [-0.4, -0.2) is 20.6 Å². The Kier molecular flexibility index (Phi) is 3.64. The van der Waals surface area contributed by atoms with Gasteiger partial charge in [0, 0.05) is 23.3 Å². The fourth-order valence-corrected chi connectivity index (χ4v) is 3.42. The van der Waals surface area contributed by atoms with Crippen molar-refractivity contribution >= 4 is 11.5 Å². The van der Waals surface area contributed by atoms with Crippen molar-refractivity contribution < 1.29 is 9.50 Å². The van der Waals surface area contributed by atoms with E-state index in [1.807, 2.05) is 36.7 Å². The van der Waals surface area contributed by atoms with E-state index in [0.29, 0.717) is 6.42 Å². The SMILES string of the molecule is CC1=Nc2c(-c3ccc(F)cc3)c(C)nn2[C@@H](c2ccccc2O)C1. The number of aryl methyl sites for hydroxylation is 1. The molecule has 25 heavy (non-hydrogen) atoms. The van der Waals surface area contributed by atoms with E-state index in [9.17, 15) is 9.50 Å². The molecule has 2 heterocycles. The number of aromatic nitrogens is 2. The fourth-order valence-electron chi connectivity index (χ4n) is 3.42. The second-order valence-electron chi connectivity index (χ2n) is 6.36. The molecule has 0 fully saturated rings. The molecule has 0 radical (unpaired) electrons. The van der Waals surface area contributed by atoms with Crippen LogP contribution in [0.3, 0.4) is 0 Å². The van der Waals surface area contributed by atoms with Crippen LogP contribution in [0, 0.1) is 12.7 Å². The number of aromatic hydroxyl groups is 1. The van der Waals surface area contributed by atoms with Crippen LogP contribution in [0.5, 0.6) is 5.75 Å². The van der Waals surface area contributed by atoms with Gasteiger partial charge in [-0.05, 0) is 37.6 Å². The lowest BCUT2D eigenvalue weighted by atomic mass is 9.98. The summed E-state index contributed by atoms with van der Waals surface area (Å²) in [6.45, 7) is 3.91. The number of hydrogen-bond donors (Lipinski definition) is 1. The Balaban J connectivity index is 1.90. The van der Waals surface area contributed by atoms with Crippen molar-refractivity contribution in [2.45, 2.75) is 26.3 Å². The standard InChI is InChI=1S/C20H18FN3O/c1-12-11-17(16-5-3-4-6-18(16)25)24-20(22-12)19(13(2)23-24)14-7-9-15(21)10-8-14/h3-10,17,25H,11H2,1-2H3/t17-/m1/s1. The van der Waals surface area contributed by atoms with Crippen LogP contribution in [0.2, 0.25) is 0 Å². The molecule has 3 aromatic rings. The zero-order valence-corrected chi connectivity index (χ0v) is 14.1. The van der Waals surface area contributed by atoms with Crippen LogP contribution in [-0.2, 0) is 0 Å². The highest BCUT2D eigenvalue weighted by Gasteiger charge is 2.29. The number of phenolic OH excluding ortho intramolecular Hbond substituents is 1. The lowest BCUT2D eigenvalue weighted by Gasteiger charge is -2.24. The molecule has 1 N–H and O–H groups in total. The van der Waals surface area contributed by atoms with Crippen LogP contribution in [0.1, 0.15) is 30.6 Å². The van der Waals surface area contributed by atoms with Crippen molar-refractivity contribution in [3.63, 3.8) is 0 Å². The molecule has 0 spiro atoms. The molecule has 5 heteroatoms. The predicted molar refractivity (Wildman–Crippen MR) is 96.0 cm³/mol. The number of nitrogens with zero attached hydrogens (tertiary/aromatic N) is 3. The van der Waals surface area contributed by atoms with Gasteiger partial charge in [0.1, 0.15) is 11.6 Å². The monoisotopic (exact) mass is 335 g/mol. The molecule has 0 amide bonds. The fraction of sp³-hybridized carbons (Fsp3) is 0.200. The summed E-state index contributed by atoms with van der Waals surface area (Å²) in [6, 6.07) is 13.6. The minimum absolute atomic E-state index is 0.110. The maximum atomic E-state index is 13.3. The van der Waals surface area contributed by atoms with Crippen molar-refractivity contribution in [1.82, 2.24) is 9.78 Å². The Morgan fingerprint density at radius 2 is 1.80 bits per heavy atom. The van der Waals surface area contributed by atoms with Crippen molar-refractivity contribution in [1.29, 1.82) is 0 Å². The Hall–Kier alpha value is -2.95. The predicted octanol–water partition coefficient (Wildman–Crippen LogP) is 4.79. The van der Waals surface area contributed by atoms with Crippen molar-refractivity contribution in [3.05, 3.63) is 65.6 Å². The van der Waals surface area contributed by atoms with E-state index in [2.05, 4.69) is 5.10 Å². The highest BCUT2D eigenvalue weighted by atomic mass is 19.1. The first kappa shape index (κ1) is 15.6. The number of fused-ring (bicyclic) bond motifs is 1. The van der Waals surface area contributed by atoms with Crippen molar-refractivity contribution in [2.75, 3.05) is 0 Å². The second kappa shape index (κ2) is 5.84. The maximum Gasteiger partial charge on any atom is 0.159 e. The van der Waals surface area contributed by atoms with Gasteiger partial charge in [0.05, 0.1) is 11.7 Å². The molecule has 1 atom stereocenters. The Morgan fingerprint density at radius 3 is 2.52 bits per heavy atom. The molecule has 1 aliphatic rings. The van der Waals surface area contributed by atoms with Crippen LogP contribution >= 0.6 is 0 Å². The molecule has 0 unspecified atom stereocenters. The van der Waals surface area contributed by atoms with Gasteiger partial charge in [0.2, 0.25) is 0 Å². The molecule has 0 aliphatic carbocycles. The van der Waals surface area contributed by atoms with E-state index >= 15 is 0 Å². The largest absolute Gasteiger partial charge is 0.508 e. The number of rotatable bonds is 2. The van der Waals surface area contributed by atoms with Crippen LogP contribution in [0.4, 0.5) is 10.2 Å². The molecule has 4 nitrogen and oxygen atoms in total. The average Bonchev–Trinajstić information content (AvgIpc) is 2.91. The zero-order valence-electron chi connectivity index (χ0n) is 14.1. The Morgan fingerprint density at radius 1 is 1.08 bits per heavy atom. The topological polar surface area (TPSA) is 50.4 Å². The summed E-state index contributed by atoms with van der Waals surface area (Å²) in [4.78, 5) is 4.71. The summed E-state index contributed by atoms with van der Waals surface area (Å²) >= 11 is 0. The third kappa shape index (κ3) is 2.61. The summed E-state index contributed by atoms with van der Waals surface area (Å²) in [5, 5.41) is 15.0. The second-order valence-corrected chi connectivity index (χ2v) is 6.36. The lowest BCUT2D eigenvalue weighted by molar-refractivity contribution is 0.443. The molecule has 1 aliphatic heterocycles. The third-order valence-electron chi connectivity index (χ3n) is 4.57. The smallest absolute Gasteiger partial charge is 0.159 e. The van der Waals surface area contributed by atoms with E-state index in [4.69, 9.17) is 4.99 Å². The van der Waals surface area contributed by atoms with Gasteiger partial charge in [-0.1, -0.05) is 30.3 Å². The van der Waals surface area contributed by atoms with Crippen LogP contribution in [0.15, 0.2) is 53.5 Å². The third-order valence-corrected chi connectivity index (χ3v) is 4.57. The molecule has 0 saturated carbocycles. The van der Waals surface area contributed by atoms with Crippen LogP contribution < -0.4 is 0 Å². The van der Waals surface area contributed by atoms with E-state index in [1.54, 1.807) is 18.2 Å². The van der Waals surface area contributed by atoms with E-state index in [0.717, 1.165) is 33.9 Å². The molecule has 4 rings (SSSR count). The maximum absolute atomic E-state index is 13.3. The number of benzene rings is 2. The minimum Gasteiger partial charge on any atom is -0.508 e. The summed E-state index contributed by atoms with van der Waals surface area (Å²) in [6.07, 6.45) is 0.689. The lowest BCUT2D eigenvalue weighted by Crippen LogP contribution is -2.19. The quantitative estimate of drug-likeness (QED) is 0.732.